The van der Waals surface area contributed by atoms with Gasteiger partial charge in [-0.15, -0.1) is 0 Å². The van der Waals surface area contributed by atoms with E-state index in [0.29, 0.717) is 25.5 Å². The fourth-order valence-electron chi connectivity index (χ4n) is 2.28. The molecule has 1 aliphatic heterocycles. The quantitative estimate of drug-likeness (QED) is 0.772. The number of carbonyl (C=O) groups excluding carboxylic acids is 2. The summed E-state index contributed by atoms with van der Waals surface area (Å²) in [5.74, 6) is 0.311. The van der Waals surface area contributed by atoms with Crippen LogP contribution in [0, 0.1) is 5.92 Å². The maximum atomic E-state index is 12.2. The highest BCUT2D eigenvalue weighted by atomic mass is 16.5. The van der Waals surface area contributed by atoms with Gasteiger partial charge in [-0.2, -0.15) is 0 Å². The number of rotatable bonds is 6. The van der Waals surface area contributed by atoms with Gasteiger partial charge in [0.1, 0.15) is 5.82 Å². The molecule has 2 rings (SSSR count). The number of carbonyl (C=O) groups is 2. The van der Waals surface area contributed by atoms with Gasteiger partial charge in [-0.3, -0.25) is 9.59 Å². The van der Waals surface area contributed by atoms with Crippen molar-refractivity contribution in [3.63, 3.8) is 0 Å². The molecule has 1 saturated heterocycles. The van der Waals surface area contributed by atoms with Gasteiger partial charge < -0.3 is 19.9 Å². The minimum atomic E-state index is -0.295. The Hall–Kier alpha value is -1.89. The van der Waals surface area contributed by atoms with Gasteiger partial charge in [0.05, 0.1) is 18.6 Å². The van der Waals surface area contributed by atoms with Crippen molar-refractivity contribution in [2.75, 3.05) is 26.8 Å². The Labute approximate surface area is 117 Å². The smallest absolute Gasteiger partial charge is 0.226 e. The standard InChI is InChI=1S/C13H20N4O3/c1-9(12-14-3-4-15-12)16-13(19)10-7-11(18)17(8-10)5-6-20-2/h3-4,9-10H,5-8H2,1-2H3,(H,14,15)(H,16,19). The first kappa shape index (κ1) is 14.5. The zero-order valence-electron chi connectivity index (χ0n) is 11.8. The van der Waals surface area contributed by atoms with Crippen LogP contribution < -0.4 is 5.32 Å². The number of ether oxygens (including phenoxy) is 1. The fourth-order valence-corrected chi connectivity index (χ4v) is 2.28. The van der Waals surface area contributed by atoms with Gasteiger partial charge in [-0.25, -0.2) is 4.98 Å². The second-order valence-electron chi connectivity index (χ2n) is 4.94. The molecular weight excluding hydrogens is 260 g/mol. The van der Waals surface area contributed by atoms with E-state index in [1.54, 1.807) is 24.4 Å². The molecule has 1 aromatic rings. The number of methoxy groups -OCH3 is 1. The third kappa shape index (κ3) is 3.36. The van der Waals surface area contributed by atoms with Crippen molar-refractivity contribution in [2.45, 2.75) is 19.4 Å². The zero-order chi connectivity index (χ0) is 14.5. The van der Waals surface area contributed by atoms with Crippen molar-refractivity contribution >= 4 is 11.8 Å². The van der Waals surface area contributed by atoms with Crippen molar-refractivity contribution in [3.05, 3.63) is 18.2 Å². The highest BCUT2D eigenvalue weighted by Gasteiger charge is 2.34. The van der Waals surface area contributed by atoms with Crippen molar-refractivity contribution in [2.24, 2.45) is 5.92 Å². The number of nitrogens with one attached hydrogen (secondary N) is 2. The topological polar surface area (TPSA) is 87.3 Å². The van der Waals surface area contributed by atoms with Crippen LogP contribution in [0.25, 0.3) is 0 Å². The zero-order valence-corrected chi connectivity index (χ0v) is 11.8. The van der Waals surface area contributed by atoms with Crippen LogP contribution in [0.15, 0.2) is 12.4 Å². The van der Waals surface area contributed by atoms with Gasteiger partial charge in [-0.1, -0.05) is 0 Å². The minimum Gasteiger partial charge on any atom is -0.383 e. The SMILES string of the molecule is COCCN1CC(C(=O)NC(C)c2ncc[nH]2)CC1=O. The summed E-state index contributed by atoms with van der Waals surface area (Å²) in [5, 5.41) is 2.88. The summed E-state index contributed by atoms with van der Waals surface area (Å²) in [7, 11) is 1.59. The third-order valence-corrected chi connectivity index (χ3v) is 3.44. The van der Waals surface area contributed by atoms with Crippen LogP contribution in [-0.4, -0.2) is 53.5 Å². The van der Waals surface area contributed by atoms with Gasteiger partial charge in [0.15, 0.2) is 0 Å². The van der Waals surface area contributed by atoms with Crippen molar-refractivity contribution in [3.8, 4) is 0 Å². The van der Waals surface area contributed by atoms with Crippen LogP contribution in [-0.2, 0) is 14.3 Å². The Kier molecular flexibility index (Phi) is 4.73. The highest BCUT2D eigenvalue weighted by Crippen LogP contribution is 2.19. The summed E-state index contributed by atoms with van der Waals surface area (Å²) in [6.45, 7) is 3.34. The van der Waals surface area contributed by atoms with Crippen LogP contribution in [0.1, 0.15) is 25.2 Å². The number of hydrogen-bond donors (Lipinski definition) is 2. The molecule has 0 aromatic carbocycles. The number of likely N-dealkylation sites (tertiary alicyclic amines) is 1. The molecule has 1 aliphatic rings. The molecule has 2 heterocycles. The van der Waals surface area contributed by atoms with E-state index in [9.17, 15) is 9.59 Å². The van der Waals surface area contributed by atoms with E-state index < -0.39 is 0 Å². The maximum Gasteiger partial charge on any atom is 0.226 e. The molecule has 20 heavy (non-hydrogen) atoms. The Morgan fingerprint density at radius 3 is 3.15 bits per heavy atom. The molecule has 0 aliphatic carbocycles. The summed E-state index contributed by atoms with van der Waals surface area (Å²) in [4.78, 5) is 32.7. The minimum absolute atomic E-state index is 0.00727. The number of nitrogens with zero attached hydrogens (tertiary/aromatic N) is 2. The summed E-state index contributed by atoms with van der Waals surface area (Å²) >= 11 is 0. The van der Waals surface area contributed by atoms with E-state index in [1.807, 2.05) is 6.92 Å². The molecule has 0 saturated carbocycles. The molecule has 1 fully saturated rings. The molecule has 2 unspecified atom stereocenters. The van der Waals surface area contributed by atoms with Crippen LogP contribution >= 0.6 is 0 Å². The second-order valence-corrected chi connectivity index (χ2v) is 4.94. The fraction of sp³-hybridized carbons (Fsp3) is 0.615. The number of aromatic amines is 1. The van der Waals surface area contributed by atoms with E-state index in [0.717, 1.165) is 0 Å². The lowest BCUT2D eigenvalue weighted by molar-refractivity contribution is -0.129. The Morgan fingerprint density at radius 1 is 1.70 bits per heavy atom. The average Bonchev–Trinajstić information content (AvgIpc) is 3.06. The van der Waals surface area contributed by atoms with Crippen LogP contribution in [0.4, 0.5) is 0 Å². The molecule has 0 bridgehead atoms. The van der Waals surface area contributed by atoms with Gasteiger partial charge in [0.2, 0.25) is 11.8 Å². The predicted molar refractivity (Wildman–Crippen MR) is 71.7 cm³/mol. The van der Waals surface area contributed by atoms with Crippen LogP contribution in [0.2, 0.25) is 0 Å². The van der Waals surface area contributed by atoms with Gasteiger partial charge in [0.25, 0.3) is 0 Å². The molecule has 110 valence electrons. The first-order valence-electron chi connectivity index (χ1n) is 6.68. The number of amides is 2. The van der Waals surface area contributed by atoms with E-state index in [-0.39, 0.29) is 30.2 Å². The summed E-state index contributed by atoms with van der Waals surface area (Å²) in [6.07, 6.45) is 3.62. The molecule has 7 nitrogen and oxygen atoms in total. The summed E-state index contributed by atoms with van der Waals surface area (Å²) in [5.41, 5.74) is 0. The monoisotopic (exact) mass is 280 g/mol. The first-order valence-corrected chi connectivity index (χ1v) is 6.68. The van der Waals surface area contributed by atoms with Crippen LogP contribution in [0.3, 0.4) is 0 Å². The largest absolute Gasteiger partial charge is 0.383 e. The lowest BCUT2D eigenvalue weighted by Crippen LogP contribution is -2.35. The molecule has 0 spiro atoms. The maximum absolute atomic E-state index is 12.2. The summed E-state index contributed by atoms with van der Waals surface area (Å²) < 4.78 is 4.95. The second kappa shape index (κ2) is 6.51. The third-order valence-electron chi connectivity index (χ3n) is 3.44. The number of aromatic nitrogens is 2. The molecule has 0 radical (unpaired) electrons. The average molecular weight is 280 g/mol. The number of hydrogen-bond acceptors (Lipinski definition) is 4. The van der Waals surface area contributed by atoms with E-state index in [1.165, 1.54) is 0 Å². The predicted octanol–water partition coefficient (Wildman–Crippen LogP) is 0.0818. The summed E-state index contributed by atoms with van der Waals surface area (Å²) in [6, 6.07) is -0.194. The molecule has 2 amide bonds. The molecule has 7 heteroatoms. The lowest BCUT2D eigenvalue weighted by atomic mass is 10.1. The van der Waals surface area contributed by atoms with Crippen molar-refractivity contribution in [1.29, 1.82) is 0 Å². The van der Waals surface area contributed by atoms with E-state index in [4.69, 9.17) is 4.74 Å². The van der Waals surface area contributed by atoms with Gasteiger partial charge >= 0.3 is 0 Å². The first-order chi connectivity index (χ1) is 9.61. The van der Waals surface area contributed by atoms with E-state index >= 15 is 0 Å². The molecular formula is C13H20N4O3. The lowest BCUT2D eigenvalue weighted by Gasteiger charge is -2.17. The van der Waals surface area contributed by atoms with Crippen molar-refractivity contribution < 1.29 is 14.3 Å². The normalized spacial score (nSPS) is 20.2. The Morgan fingerprint density at radius 2 is 2.50 bits per heavy atom. The van der Waals surface area contributed by atoms with E-state index in [2.05, 4.69) is 15.3 Å². The highest BCUT2D eigenvalue weighted by molar-refractivity contribution is 5.89. The molecule has 1 aromatic heterocycles. The van der Waals surface area contributed by atoms with Crippen molar-refractivity contribution in [1.82, 2.24) is 20.2 Å². The number of imidazole rings is 1. The van der Waals surface area contributed by atoms with Crippen LogP contribution in [0.5, 0.6) is 0 Å². The van der Waals surface area contributed by atoms with Gasteiger partial charge in [0, 0.05) is 39.0 Å². The molecule has 2 atom stereocenters. The molecule has 2 N–H and O–H groups in total. The number of H-pyrrole nitrogens is 1. The Balaban J connectivity index is 1.86. The van der Waals surface area contributed by atoms with Gasteiger partial charge in [-0.05, 0) is 6.92 Å². The Bertz CT molecular complexity index is 460.